The van der Waals surface area contributed by atoms with Gasteiger partial charge in [0.2, 0.25) is 0 Å². The summed E-state index contributed by atoms with van der Waals surface area (Å²) in [5, 5.41) is 5.11. The monoisotopic (exact) mass is 761 g/mol. The van der Waals surface area contributed by atoms with Gasteiger partial charge in [0.25, 0.3) is 0 Å². The van der Waals surface area contributed by atoms with E-state index in [1.54, 1.807) is 0 Å². The minimum absolute atomic E-state index is 0.0543. The molecule has 9 aromatic carbocycles. The Labute approximate surface area is 345 Å². The van der Waals surface area contributed by atoms with Crippen LogP contribution in [0.1, 0.15) is 26.3 Å². The lowest BCUT2D eigenvalue weighted by Gasteiger charge is -2.32. The lowest BCUT2D eigenvalue weighted by Crippen LogP contribution is -2.16. The van der Waals surface area contributed by atoms with E-state index in [0.717, 1.165) is 17.1 Å². The van der Waals surface area contributed by atoms with Gasteiger partial charge in [-0.1, -0.05) is 191 Å². The Hall–Kier alpha value is -6.74. The number of thiophene rings is 1. The molecule has 0 N–H and O–H groups in total. The van der Waals surface area contributed by atoms with Crippen LogP contribution in [0.4, 0.5) is 17.1 Å². The summed E-state index contributed by atoms with van der Waals surface area (Å²) in [6, 6.07) is 75.8. The Bertz CT molecular complexity index is 3070. The molecule has 0 bridgehead atoms. The zero-order chi connectivity index (χ0) is 39.2. The van der Waals surface area contributed by atoms with Crippen molar-refractivity contribution in [3.8, 4) is 44.5 Å². The van der Waals surface area contributed by atoms with Crippen molar-refractivity contribution in [3.05, 3.63) is 212 Å². The van der Waals surface area contributed by atoms with Crippen LogP contribution in [0.15, 0.2) is 206 Å². The molecule has 10 aromatic rings. The van der Waals surface area contributed by atoms with Crippen LogP contribution in [0.2, 0.25) is 0 Å². The van der Waals surface area contributed by atoms with Gasteiger partial charge in [0.05, 0.1) is 11.4 Å². The van der Waals surface area contributed by atoms with E-state index in [-0.39, 0.29) is 5.41 Å². The van der Waals surface area contributed by atoms with E-state index in [9.17, 15) is 0 Å². The predicted molar refractivity (Wildman–Crippen MR) is 252 cm³/mol. The van der Waals surface area contributed by atoms with Crippen LogP contribution in [0.3, 0.4) is 0 Å². The van der Waals surface area contributed by atoms with Crippen LogP contribution < -0.4 is 4.90 Å². The van der Waals surface area contributed by atoms with E-state index in [1.807, 2.05) is 11.3 Å². The summed E-state index contributed by atoms with van der Waals surface area (Å²) >= 11 is 1.87. The van der Waals surface area contributed by atoms with Crippen LogP contribution in [0, 0.1) is 0 Å². The van der Waals surface area contributed by atoms with Crippen LogP contribution in [-0.2, 0) is 5.41 Å². The third-order valence-electron chi connectivity index (χ3n) is 11.5. The van der Waals surface area contributed by atoms with E-state index in [4.69, 9.17) is 0 Å². The molecule has 0 radical (unpaired) electrons. The molecule has 0 aliphatic carbocycles. The van der Waals surface area contributed by atoms with Gasteiger partial charge in [0, 0.05) is 37.0 Å². The van der Waals surface area contributed by atoms with Gasteiger partial charge >= 0.3 is 0 Å². The molecule has 10 rings (SSSR count). The Morgan fingerprint density at radius 1 is 0.379 bits per heavy atom. The van der Waals surface area contributed by atoms with Crippen molar-refractivity contribution in [1.29, 1.82) is 0 Å². The van der Waals surface area contributed by atoms with Crippen LogP contribution in [0.5, 0.6) is 0 Å². The summed E-state index contributed by atoms with van der Waals surface area (Å²) < 4.78 is 2.63. The van der Waals surface area contributed by atoms with Gasteiger partial charge in [0.15, 0.2) is 0 Å². The second kappa shape index (κ2) is 14.6. The first-order valence-electron chi connectivity index (χ1n) is 20.1. The van der Waals surface area contributed by atoms with Crippen LogP contribution >= 0.6 is 11.3 Å². The normalized spacial score (nSPS) is 11.7. The van der Waals surface area contributed by atoms with Crippen molar-refractivity contribution < 1.29 is 0 Å². The molecule has 0 unspecified atom stereocenters. The molecular formula is C56H43NS. The van der Waals surface area contributed by atoms with E-state index < -0.39 is 0 Å². The highest BCUT2D eigenvalue weighted by molar-refractivity contribution is 7.25. The summed E-state index contributed by atoms with van der Waals surface area (Å²) in [6.45, 7) is 6.91. The largest absolute Gasteiger partial charge is 0.309 e. The number of fused-ring (bicyclic) bond motifs is 4. The molecule has 0 aliphatic heterocycles. The smallest absolute Gasteiger partial charge is 0.0543 e. The highest BCUT2D eigenvalue weighted by atomic mass is 32.1. The Morgan fingerprint density at radius 2 is 0.931 bits per heavy atom. The minimum Gasteiger partial charge on any atom is -0.309 e. The number of rotatable bonds is 7. The van der Waals surface area contributed by atoms with Gasteiger partial charge in [-0.15, -0.1) is 11.3 Å². The van der Waals surface area contributed by atoms with E-state index >= 15 is 0 Å². The third kappa shape index (κ3) is 6.36. The van der Waals surface area contributed by atoms with Crippen LogP contribution in [0.25, 0.3) is 75.5 Å². The van der Waals surface area contributed by atoms with Crippen LogP contribution in [-0.4, -0.2) is 0 Å². The van der Waals surface area contributed by atoms with Gasteiger partial charge < -0.3 is 4.90 Å². The van der Waals surface area contributed by atoms with Crippen molar-refractivity contribution in [3.63, 3.8) is 0 Å². The Kier molecular flexibility index (Phi) is 9.00. The highest BCUT2D eigenvalue weighted by Gasteiger charge is 2.25. The molecule has 0 aliphatic rings. The van der Waals surface area contributed by atoms with Gasteiger partial charge in [-0.2, -0.15) is 0 Å². The summed E-state index contributed by atoms with van der Waals surface area (Å²) in [5.41, 5.74) is 14.3. The summed E-state index contributed by atoms with van der Waals surface area (Å²) in [6.07, 6.45) is 0. The van der Waals surface area contributed by atoms with E-state index in [2.05, 4.69) is 232 Å². The molecule has 0 spiro atoms. The standard InChI is InChI=1S/C56H43NS/c1-56(2,3)42-33-36-44(38-17-6-4-7-18-38)51(37-42)57(43-34-31-40(32-35-43)46-26-16-30-53-55(46)49-24-11-13-29-52(49)58-53)50-28-12-10-23-47(50)48-27-15-22-41-21-14-25-45(54(41)48)39-19-8-5-9-20-39/h4-37H,1-3H3. The first kappa shape index (κ1) is 35.7. The number of para-hydroxylation sites is 1. The molecule has 0 atom stereocenters. The Balaban J connectivity index is 1.23. The maximum atomic E-state index is 2.50. The molecule has 1 aromatic heterocycles. The number of anilines is 3. The average Bonchev–Trinajstić information content (AvgIpc) is 3.66. The second-order valence-electron chi connectivity index (χ2n) is 16.1. The molecule has 0 amide bonds. The number of nitrogens with zero attached hydrogens (tertiary/aromatic N) is 1. The molecule has 278 valence electrons. The fourth-order valence-corrected chi connectivity index (χ4v) is 9.71. The molecule has 1 heterocycles. The quantitative estimate of drug-likeness (QED) is 0.156. The average molecular weight is 762 g/mol. The minimum atomic E-state index is -0.0543. The SMILES string of the molecule is CC(C)(C)c1ccc(-c2ccccc2)c(N(c2ccc(-c3cccc4sc5ccccc5c34)cc2)c2ccccc2-c2cccc3cccc(-c4ccccc4)c23)c1. The topological polar surface area (TPSA) is 3.24 Å². The van der Waals surface area contributed by atoms with Crippen molar-refractivity contribution in [1.82, 2.24) is 0 Å². The zero-order valence-corrected chi connectivity index (χ0v) is 33.8. The molecular weight excluding hydrogens is 719 g/mol. The predicted octanol–water partition coefficient (Wildman–Crippen LogP) is 16.6. The first-order chi connectivity index (χ1) is 28.4. The lowest BCUT2D eigenvalue weighted by atomic mass is 9.85. The maximum absolute atomic E-state index is 2.50. The number of benzene rings is 9. The number of hydrogen-bond acceptors (Lipinski definition) is 2. The maximum Gasteiger partial charge on any atom is 0.0543 e. The van der Waals surface area contributed by atoms with E-state index in [0.29, 0.717) is 0 Å². The molecule has 58 heavy (non-hydrogen) atoms. The molecule has 0 saturated carbocycles. The zero-order valence-electron chi connectivity index (χ0n) is 33.0. The van der Waals surface area contributed by atoms with Gasteiger partial charge in [-0.25, -0.2) is 0 Å². The van der Waals surface area contributed by atoms with Gasteiger partial charge in [-0.3, -0.25) is 0 Å². The molecule has 0 fully saturated rings. The molecule has 1 nitrogen and oxygen atoms in total. The highest BCUT2D eigenvalue weighted by Crippen LogP contribution is 2.49. The summed E-state index contributed by atoms with van der Waals surface area (Å²) in [7, 11) is 0. The number of hydrogen-bond donors (Lipinski definition) is 0. The van der Waals surface area contributed by atoms with Crippen molar-refractivity contribution >= 4 is 59.3 Å². The Morgan fingerprint density at radius 3 is 1.66 bits per heavy atom. The van der Waals surface area contributed by atoms with Crippen molar-refractivity contribution in [2.45, 2.75) is 26.2 Å². The summed E-state index contributed by atoms with van der Waals surface area (Å²) in [5.74, 6) is 0. The first-order valence-corrected chi connectivity index (χ1v) is 20.9. The van der Waals surface area contributed by atoms with E-state index in [1.165, 1.54) is 81.0 Å². The lowest BCUT2D eigenvalue weighted by molar-refractivity contribution is 0.590. The second-order valence-corrected chi connectivity index (χ2v) is 17.2. The molecule has 0 saturated heterocycles. The fraction of sp³-hybridized carbons (Fsp3) is 0.0714. The van der Waals surface area contributed by atoms with Gasteiger partial charge in [-0.05, 0) is 91.5 Å². The van der Waals surface area contributed by atoms with Gasteiger partial charge in [0.1, 0.15) is 0 Å². The molecule has 2 heteroatoms. The third-order valence-corrected chi connectivity index (χ3v) is 12.6. The fourth-order valence-electron chi connectivity index (χ4n) is 8.58. The summed E-state index contributed by atoms with van der Waals surface area (Å²) in [4.78, 5) is 2.50. The van der Waals surface area contributed by atoms with Crippen molar-refractivity contribution in [2.24, 2.45) is 0 Å². The van der Waals surface area contributed by atoms with Crippen molar-refractivity contribution in [2.75, 3.05) is 4.90 Å².